The second-order valence-corrected chi connectivity index (χ2v) is 7.17. The number of halogens is 4. The molecule has 25 heavy (non-hydrogen) atoms. The summed E-state index contributed by atoms with van der Waals surface area (Å²) in [6.07, 6.45) is 0.100. The Labute approximate surface area is 142 Å². The number of primary sulfonamides is 1. The Balaban J connectivity index is 2.45. The molecule has 4 nitrogen and oxygen atoms in total. The highest BCUT2D eigenvalue weighted by molar-refractivity contribution is 7.93. The van der Waals surface area contributed by atoms with E-state index in [1.165, 1.54) is 0 Å². The van der Waals surface area contributed by atoms with Gasteiger partial charge in [0.1, 0.15) is 23.1 Å². The molecule has 0 heterocycles. The maximum atomic E-state index is 14.0. The van der Waals surface area contributed by atoms with Crippen molar-refractivity contribution in [1.82, 2.24) is 0 Å². The lowest BCUT2D eigenvalue weighted by molar-refractivity contribution is -0.00641. The van der Waals surface area contributed by atoms with Crippen LogP contribution in [0.2, 0.25) is 0 Å². The molecule has 0 aliphatic heterocycles. The second-order valence-electron chi connectivity index (χ2n) is 5.55. The van der Waals surface area contributed by atoms with E-state index in [4.69, 9.17) is 9.88 Å². The van der Waals surface area contributed by atoms with Crippen molar-refractivity contribution in [2.24, 2.45) is 5.14 Å². The predicted octanol–water partition coefficient (Wildman–Crippen LogP) is 3.78. The Morgan fingerprint density at radius 3 is 2.28 bits per heavy atom. The first-order valence-electron chi connectivity index (χ1n) is 7.10. The van der Waals surface area contributed by atoms with Crippen LogP contribution in [0.15, 0.2) is 53.2 Å². The highest BCUT2D eigenvalue weighted by Crippen LogP contribution is 2.34. The summed E-state index contributed by atoms with van der Waals surface area (Å²) in [5.74, 6) is -5.61. The fourth-order valence-electron chi connectivity index (χ4n) is 2.22. The van der Waals surface area contributed by atoms with E-state index >= 15 is 0 Å². The Bertz CT molecular complexity index is 840. The molecule has 0 fully saturated rings. The first-order valence-corrected chi connectivity index (χ1v) is 8.64. The highest BCUT2D eigenvalue weighted by atomic mass is 32.2. The quantitative estimate of drug-likeness (QED) is 0.815. The summed E-state index contributed by atoms with van der Waals surface area (Å²) in [6, 6.07) is 2.32. The van der Waals surface area contributed by atoms with Crippen LogP contribution in [0.4, 0.5) is 17.6 Å². The number of rotatable bonds is 3. The largest absolute Gasteiger partial charge is 0.457 e. The molecule has 1 aromatic carbocycles. The van der Waals surface area contributed by atoms with Crippen molar-refractivity contribution in [2.45, 2.75) is 25.2 Å². The summed E-state index contributed by atoms with van der Waals surface area (Å²) in [5, 5.41) is 5.01. The predicted molar refractivity (Wildman–Crippen MR) is 84.2 cm³/mol. The van der Waals surface area contributed by atoms with Gasteiger partial charge in [-0.25, -0.2) is 31.1 Å². The Hall–Kier alpha value is -2.13. The molecular formula is C16H15F4NO3S. The van der Waals surface area contributed by atoms with Crippen molar-refractivity contribution in [1.29, 1.82) is 0 Å². The molecule has 0 unspecified atom stereocenters. The smallest absolute Gasteiger partial charge is 0.252 e. The first kappa shape index (κ1) is 19.2. The lowest BCUT2D eigenvalue weighted by atomic mass is 10.0. The number of ether oxygens (including phenoxy) is 1. The molecule has 0 saturated carbocycles. The SMILES string of the molecule is C=C1CC(F)(F)CC/C(S(N)(=O)=O)=C\C=C/1Oc1cc(F)cc(F)c1. The normalized spacial score (nSPS) is 22.7. The van der Waals surface area contributed by atoms with Crippen LogP contribution in [0.3, 0.4) is 0 Å². The van der Waals surface area contributed by atoms with Gasteiger partial charge >= 0.3 is 0 Å². The number of hydrogen-bond acceptors (Lipinski definition) is 3. The first-order chi connectivity index (χ1) is 11.5. The van der Waals surface area contributed by atoms with Gasteiger partial charge in [-0.1, -0.05) is 6.58 Å². The molecule has 1 aliphatic carbocycles. The van der Waals surface area contributed by atoms with Gasteiger partial charge in [0.15, 0.2) is 0 Å². The van der Waals surface area contributed by atoms with Crippen LogP contribution >= 0.6 is 0 Å². The van der Waals surface area contributed by atoms with Gasteiger partial charge in [-0.3, -0.25) is 0 Å². The molecule has 1 aromatic rings. The number of alkyl halides is 2. The van der Waals surface area contributed by atoms with Gasteiger partial charge in [0, 0.05) is 31.0 Å². The zero-order valence-electron chi connectivity index (χ0n) is 12.9. The summed E-state index contributed by atoms with van der Waals surface area (Å²) in [5.41, 5.74) is -0.151. The van der Waals surface area contributed by atoms with E-state index in [9.17, 15) is 26.0 Å². The van der Waals surface area contributed by atoms with Gasteiger partial charge in [0.2, 0.25) is 10.0 Å². The standard InChI is InChI=1S/C16H15F4NO3S/c1-10-9-16(19,20)5-4-14(25(21,22)23)2-3-15(10)24-13-7-11(17)6-12(18)8-13/h2-3,6-8H,1,4-5,9H2,(H2,21,22,23)/b14-2+,15-3+. The Kier molecular flexibility index (Phi) is 5.38. The molecule has 0 saturated heterocycles. The third-order valence-electron chi connectivity index (χ3n) is 3.41. The second kappa shape index (κ2) is 7.01. The topological polar surface area (TPSA) is 69.4 Å². The molecule has 1 aliphatic rings. The third-order valence-corrected chi connectivity index (χ3v) is 4.48. The molecule has 136 valence electrons. The van der Waals surface area contributed by atoms with Crippen LogP contribution in [0.1, 0.15) is 19.3 Å². The van der Waals surface area contributed by atoms with E-state index in [2.05, 4.69) is 6.58 Å². The highest BCUT2D eigenvalue weighted by Gasteiger charge is 2.33. The van der Waals surface area contributed by atoms with Gasteiger partial charge in [-0.2, -0.15) is 0 Å². The van der Waals surface area contributed by atoms with Crippen LogP contribution in [0.25, 0.3) is 0 Å². The van der Waals surface area contributed by atoms with Crippen LogP contribution in [-0.2, 0) is 10.0 Å². The minimum Gasteiger partial charge on any atom is -0.457 e. The lowest BCUT2D eigenvalue weighted by Crippen LogP contribution is -2.20. The average Bonchev–Trinajstić information content (AvgIpc) is 2.46. The zero-order valence-corrected chi connectivity index (χ0v) is 13.8. The van der Waals surface area contributed by atoms with Crippen molar-refractivity contribution >= 4 is 10.0 Å². The number of nitrogens with two attached hydrogens (primary N) is 1. The summed E-state index contributed by atoms with van der Waals surface area (Å²) >= 11 is 0. The number of allylic oxidation sites excluding steroid dienone is 4. The maximum Gasteiger partial charge on any atom is 0.252 e. The molecule has 2 N–H and O–H groups in total. The van der Waals surface area contributed by atoms with Gasteiger partial charge in [0.05, 0.1) is 4.91 Å². The Morgan fingerprint density at radius 2 is 1.72 bits per heavy atom. The molecule has 0 bridgehead atoms. The van der Waals surface area contributed by atoms with Crippen LogP contribution in [0.5, 0.6) is 5.75 Å². The monoisotopic (exact) mass is 377 g/mol. The minimum atomic E-state index is -4.18. The van der Waals surface area contributed by atoms with E-state index in [-0.39, 0.29) is 17.1 Å². The van der Waals surface area contributed by atoms with Crippen LogP contribution < -0.4 is 9.88 Å². The van der Waals surface area contributed by atoms with E-state index < -0.39 is 51.7 Å². The maximum absolute atomic E-state index is 14.0. The van der Waals surface area contributed by atoms with Crippen LogP contribution in [0, 0.1) is 11.6 Å². The average molecular weight is 377 g/mol. The molecule has 0 spiro atoms. The van der Waals surface area contributed by atoms with Crippen LogP contribution in [-0.4, -0.2) is 14.3 Å². The minimum absolute atomic E-state index is 0.151. The Morgan fingerprint density at radius 1 is 1.12 bits per heavy atom. The zero-order chi connectivity index (χ0) is 18.8. The third kappa shape index (κ3) is 5.43. The number of sulfonamides is 1. The van der Waals surface area contributed by atoms with Gasteiger partial charge in [-0.15, -0.1) is 0 Å². The van der Waals surface area contributed by atoms with E-state index in [0.717, 1.165) is 24.3 Å². The van der Waals surface area contributed by atoms with Crippen molar-refractivity contribution in [3.8, 4) is 5.75 Å². The van der Waals surface area contributed by atoms with Crippen molar-refractivity contribution in [3.63, 3.8) is 0 Å². The molecule has 2 rings (SSSR count). The van der Waals surface area contributed by atoms with Crippen molar-refractivity contribution in [2.75, 3.05) is 0 Å². The van der Waals surface area contributed by atoms with Gasteiger partial charge in [-0.05, 0) is 24.1 Å². The lowest BCUT2D eigenvalue weighted by Gasteiger charge is -2.18. The molecular weight excluding hydrogens is 362 g/mol. The van der Waals surface area contributed by atoms with E-state index in [1.807, 2.05) is 0 Å². The summed E-state index contributed by atoms with van der Waals surface area (Å²) < 4.78 is 82.6. The fraction of sp³-hybridized carbons (Fsp3) is 0.250. The molecule has 0 aromatic heterocycles. The summed E-state index contributed by atoms with van der Waals surface area (Å²) in [6.45, 7) is 3.49. The summed E-state index contributed by atoms with van der Waals surface area (Å²) in [7, 11) is -4.18. The van der Waals surface area contributed by atoms with Gasteiger partial charge < -0.3 is 4.74 Å². The number of hydrogen-bond donors (Lipinski definition) is 1. The molecule has 0 amide bonds. The summed E-state index contributed by atoms with van der Waals surface area (Å²) in [4.78, 5) is -0.409. The molecule has 0 atom stereocenters. The fourth-order valence-corrected chi connectivity index (χ4v) is 2.87. The number of benzene rings is 1. The van der Waals surface area contributed by atoms with E-state index in [1.54, 1.807) is 0 Å². The van der Waals surface area contributed by atoms with Crippen molar-refractivity contribution < 1.29 is 30.7 Å². The van der Waals surface area contributed by atoms with Gasteiger partial charge in [0.25, 0.3) is 5.92 Å². The molecule has 9 heteroatoms. The molecule has 0 radical (unpaired) electrons. The van der Waals surface area contributed by atoms with E-state index in [0.29, 0.717) is 6.07 Å². The van der Waals surface area contributed by atoms with Crippen molar-refractivity contribution in [3.05, 3.63) is 64.8 Å².